The molecule has 4 rings (SSSR count). The molecule has 0 bridgehead atoms. The summed E-state index contributed by atoms with van der Waals surface area (Å²) in [4.78, 5) is 31.4. The fraction of sp³-hybridized carbons (Fsp3) is 0.207. The van der Waals surface area contributed by atoms with Gasteiger partial charge in [0.1, 0.15) is 5.82 Å². The number of nitrogens with one attached hydrogen (secondary N) is 2. The van der Waals surface area contributed by atoms with Crippen molar-refractivity contribution in [3.8, 4) is 0 Å². The summed E-state index contributed by atoms with van der Waals surface area (Å²) in [6.45, 7) is 7.66. The third kappa shape index (κ3) is 5.48. The number of hydrogen-bond donors (Lipinski definition) is 2. The first kappa shape index (κ1) is 25.9. The zero-order chi connectivity index (χ0) is 26.7. The lowest BCUT2D eigenvalue weighted by molar-refractivity contribution is -0.127. The molecule has 2 amide bonds. The Bertz CT molecular complexity index is 1370. The summed E-state index contributed by atoms with van der Waals surface area (Å²) in [6.07, 6.45) is 0.183. The molecule has 37 heavy (non-hydrogen) atoms. The lowest BCUT2D eigenvalue weighted by Crippen LogP contribution is -2.45. The number of nitrogens with zero attached hydrogens (tertiary/aromatic N) is 1. The molecule has 0 saturated heterocycles. The van der Waals surface area contributed by atoms with E-state index in [4.69, 9.17) is 0 Å². The van der Waals surface area contributed by atoms with E-state index in [1.807, 2.05) is 26.0 Å². The fourth-order valence-corrected chi connectivity index (χ4v) is 4.44. The number of carbonyl (C=O) groups is 2. The van der Waals surface area contributed by atoms with E-state index >= 15 is 0 Å². The first-order chi connectivity index (χ1) is 17.7. The molecule has 2 N–H and O–H groups in total. The smallest absolute Gasteiger partial charge is 0.269 e. The predicted molar refractivity (Wildman–Crippen MR) is 137 cm³/mol. The zero-order valence-corrected chi connectivity index (χ0v) is 20.3. The number of rotatable bonds is 7. The Labute approximate surface area is 213 Å². The number of para-hydroxylation sites is 1. The summed E-state index contributed by atoms with van der Waals surface area (Å²) < 4.78 is 41.4. The Morgan fingerprint density at radius 3 is 2.32 bits per heavy atom. The lowest BCUT2D eigenvalue weighted by Gasteiger charge is -2.26. The molecule has 3 aromatic rings. The van der Waals surface area contributed by atoms with Crippen molar-refractivity contribution in [1.29, 1.82) is 0 Å². The Balaban J connectivity index is 1.74. The molecule has 0 aromatic heterocycles. The van der Waals surface area contributed by atoms with Crippen LogP contribution in [0.5, 0.6) is 0 Å². The molecule has 0 fully saturated rings. The van der Waals surface area contributed by atoms with Crippen molar-refractivity contribution in [2.45, 2.75) is 31.8 Å². The maximum absolute atomic E-state index is 14.1. The fourth-order valence-electron chi connectivity index (χ4n) is 4.44. The van der Waals surface area contributed by atoms with Gasteiger partial charge in [0.2, 0.25) is 12.1 Å². The highest BCUT2D eigenvalue weighted by Crippen LogP contribution is 2.35. The topological polar surface area (TPSA) is 70.6 Å². The van der Waals surface area contributed by atoms with E-state index < -0.39 is 47.3 Å². The second-order valence-corrected chi connectivity index (χ2v) is 9.08. The maximum atomic E-state index is 14.1. The summed E-state index contributed by atoms with van der Waals surface area (Å²) in [5.41, 5.74) is 2.67. The van der Waals surface area contributed by atoms with Gasteiger partial charge in [-0.15, -0.1) is 6.58 Å². The van der Waals surface area contributed by atoms with Gasteiger partial charge < -0.3 is 10.6 Å². The predicted octanol–water partition coefficient (Wildman–Crippen LogP) is 5.70. The molecule has 3 aromatic carbocycles. The summed E-state index contributed by atoms with van der Waals surface area (Å²) in [5, 5.41) is 5.51. The van der Waals surface area contributed by atoms with Crippen LogP contribution in [-0.2, 0) is 9.59 Å². The highest BCUT2D eigenvalue weighted by Gasteiger charge is 2.34. The normalized spacial score (nSPS) is 16.6. The van der Waals surface area contributed by atoms with Gasteiger partial charge in [0.15, 0.2) is 11.6 Å². The number of carbonyl (C=O) groups excluding carboxylic acids is 2. The van der Waals surface area contributed by atoms with Crippen LogP contribution in [0.4, 0.5) is 18.9 Å². The number of benzene rings is 3. The van der Waals surface area contributed by atoms with Crippen molar-refractivity contribution in [3.63, 3.8) is 0 Å². The standard InChI is InChI=1S/C29H26F3N3O2/c1-4-20(18-11-14-22(31)23(32)15-18)25(17-9-12-19(30)13-10-17)28(36)35-27-29(37)33-24-8-6-5-7-21(24)26(34-27)16(2)3/h4-16,20,25,27H,1H2,2-3H3,(H,33,37)(H,35,36)/t20-,25+,27+/m0/s1. The summed E-state index contributed by atoms with van der Waals surface area (Å²) in [6, 6.07) is 15.8. The molecule has 1 aliphatic heterocycles. The van der Waals surface area contributed by atoms with Crippen molar-refractivity contribution in [1.82, 2.24) is 5.32 Å². The van der Waals surface area contributed by atoms with Crippen molar-refractivity contribution < 1.29 is 22.8 Å². The van der Waals surface area contributed by atoms with Crippen LogP contribution < -0.4 is 10.6 Å². The van der Waals surface area contributed by atoms with Crippen molar-refractivity contribution in [2.24, 2.45) is 10.9 Å². The summed E-state index contributed by atoms with van der Waals surface area (Å²) >= 11 is 0. The minimum atomic E-state index is -1.25. The SMILES string of the molecule is C=C[C@@H](c1ccc(F)c(F)c1)[C@H](C(=O)N[C@H]1N=C(C(C)C)c2ccccc2NC1=O)c1ccc(F)cc1. The molecule has 0 aliphatic carbocycles. The molecule has 0 spiro atoms. The molecule has 0 saturated carbocycles. The Morgan fingerprint density at radius 2 is 1.68 bits per heavy atom. The Morgan fingerprint density at radius 1 is 1.00 bits per heavy atom. The quantitative estimate of drug-likeness (QED) is 0.405. The number of benzodiazepines with no additional fused rings is 1. The summed E-state index contributed by atoms with van der Waals surface area (Å²) in [7, 11) is 0. The highest BCUT2D eigenvalue weighted by molar-refractivity contribution is 6.13. The Kier molecular flexibility index (Phi) is 7.57. The minimum Gasteiger partial charge on any atom is -0.326 e. The van der Waals surface area contributed by atoms with Crippen LogP contribution in [0.2, 0.25) is 0 Å². The van der Waals surface area contributed by atoms with Crippen LogP contribution in [0, 0.1) is 23.4 Å². The third-order valence-electron chi connectivity index (χ3n) is 6.26. The molecule has 5 nitrogen and oxygen atoms in total. The maximum Gasteiger partial charge on any atom is 0.269 e. The molecule has 3 atom stereocenters. The average Bonchev–Trinajstić information content (AvgIpc) is 3.01. The van der Waals surface area contributed by atoms with Gasteiger partial charge in [0, 0.05) is 22.9 Å². The van der Waals surface area contributed by atoms with Crippen LogP contribution in [0.25, 0.3) is 0 Å². The highest BCUT2D eigenvalue weighted by atomic mass is 19.2. The van der Waals surface area contributed by atoms with Crippen LogP contribution in [0.3, 0.4) is 0 Å². The number of aliphatic imine (C=N–C) groups is 1. The van der Waals surface area contributed by atoms with E-state index in [2.05, 4.69) is 22.2 Å². The number of allylic oxidation sites excluding steroid dienone is 1. The number of anilines is 1. The second-order valence-electron chi connectivity index (χ2n) is 9.08. The first-order valence-electron chi connectivity index (χ1n) is 11.8. The molecular formula is C29H26F3N3O2. The molecular weight excluding hydrogens is 479 g/mol. The molecule has 1 heterocycles. The van der Waals surface area contributed by atoms with Crippen LogP contribution in [-0.4, -0.2) is 23.7 Å². The monoisotopic (exact) mass is 505 g/mol. The number of halogens is 3. The second kappa shape index (κ2) is 10.8. The zero-order valence-electron chi connectivity index (χ0n) is 20.3. The van der Waals surface area contributed by atoms with Gasteiger partial charge in [0.25, 0.3) is 5.91 Å². The largest absolute Gasteiger partial charge is 0.326 e. The Hall–Kier alpha value is -4.20. The van der Waals surface area contributed by atoms with Gasteiger partial charge in [0.05, 0.1) is 5.92 Å². The van der Waals surface area contributed by atoms with Crippen LogP contribution in [0.15, 0.2) is 84.4 Å². The number of fused-ring (bicyclic) bond motifs is 1. The molecule has 190 valence electrons. The third-order valence-corrected chi connectivity index (χ3v) is 6.26. The van der Waals surface area contributed by atoms with Gasteiger partial charge in [-0.25, -0.2) is 13.2 Å². The van der Waals surface area contributed by atoms with Crippen molar-refractivity contribution in [3.05, 3.63) is 114 Å². The number of hydrogen-bond acceptors (Lipinski definition) is 3. The van der Waals surface area contributed by atoms with E-state index in [-0.39, 0.29) is 5.92 Å². The molecule has 8 heteroatoms. The van der Waals surface area contributed by atoms with Crippen molar-refractivity contribution in [2.75, 3.05) is 5.32 Å². The first-order valence-corrected chi connectivity index (χ1v) is 11.8. The van der Waals surface area contributed by atoms with Gasteiger partial charge in [-0.2, -0.15) is 0 Å². The molecule has 0 radical (unpaired) electrons. The number of amides is 2. The minimum absolute atomic E-state index is 0.0516. The van der Waals surface area contributed by atoms with Gasteiger partial charge in [-0.1, -0.05) is 56.3 Å². The summed E-state index contributed by atoms with van der Waals surface area (Å²) in [5.74, 6) is -5.66. The van der Waals surface area contributed by atoms with Crippen molar-refractivity contribution >= 4 is 23.2 Å². The van der Waals surface area contributed by atoms with E-state index in [0.29, 0.717) is 22.5 Å². The van der Waals surface area contributed by atoms with E-state index in [0.717, 1.165) is 17.7 Å². The van der Waals surface area contributed by atoms with E-state index in [1.165, 1.54) is 36.4 Å². The van der Waals surface area contributed by atoms with E-state index in [1.54, 1.807) is 12.1 Å². The molecule has 1 aliphatic rings. The van der Waals surface area contributed by atoms with Crippen LogP contribution >= 0.6 is 0 Å². The molecule has 0 unspecified atom stereocenters. The lowest BCUT2D eigenvalue weighted by atomic mass is 9.80. The van der Waals surface area contributed by atoms with Gasteiger partial charge in [-0.3, -0.25) is 14.6 Å². The van der Waals surface area contributed by atoms with Gasteiger partial charge >= 0.3 is 0 Å². The average molecular weight is 506 g/mol. The van der Waals surface area contributed by atoms with Gasteiger partial charge in [-0.05, 0) is 47.4 Å². The van der Waals surface area contributed by atoms with E-state index in [9.17, 15) is 22.8 Å². The van der Waals surface area contributed by atoms with Crippen LogP contribution in [0.1, 0.15) is 42.4 Å².